The molecule has 1 rings (SSSR count). The number of unbranched alkanes of at least 4 members (excludes halogenated alkanes) is 1. The van der Waals surface area contributed by atoms with Crippen LogP contribution in [0.1, 0.15) is 12.8 Å². The van der Waals surface area contributed by atoms with Crippen LogP contribution >= 0.6 is 0 Å². The smallest absolute Gasteiger partial charge is 0.162 e. The number of nitrogens with two attached hydrogens (primary N) is 1. The predicted molar refractivity (Wildman–Crippen MR) is 71.1 cm³/mol. The van der Waals surface area contributed by atoms with E-state index in [9.17, 15) is 0 Å². The van der Waals surface area contributed by atoms with Crippen LogP contribution in [0.15, 0.2) is 18.2 Å². The van der Waals surface area contributed by atoms with Crippen LogP contribution in [-0.4, -0.2) is 34.4 Å². The Hall–Kier alpha value is -1.42. The summed E-state index contributed by atoms with van der Waals surface area (Å²) in [5.41, 5.74) is 6.61. The fourth-order valence-corrected chi connectivity index (χ4v) is 1.68. The molecule has 0 radical (unpaired) electrons. The maximum Gasteiger partial charge on any atom is 0.162 e. The molecule has 0 aromatic heterocycles. The van der Waals surface area contributed by atoms with Crippen molar-refractivity contribution in [3.05, 3.63) is 18.2 Å². The number of hydrogen-bond acceptors (Lipinski definition) is 4. The molecule has 1 aromatic carbocycles. The van der Waals surface area contributed by atoms with E-state index in [-0.39, 0.29) is 0 Å². The second kappa shape index (κ2) is 7.01. The molecule has 0 saturated heterocycles. The van der Waals surface area contributed by atoms with Gasteiger partial charge in [-0.15, -0.1) is 0 Å². The maximum absolute atomic E-state index is 5.48. The van der Waals surface area contributed by atoms with Crippen LogP contribution < -0.4 is 20.1 Å². The summed E-state index contributed by atoms with van der Waals surface area (Å²) in [6.07, 6.45) is 2.15. The highest BCUT2D eigenvalue weighted by Gasteiger charge is 2.07. The molecule has 0 aliphatic rings. The van der Waals surface area contributed by atoms with Crippen LogP contribution in [0.2, 0.25) is 0 Å². The van der Waals surface area contributed by atoms with Gasteiger partial charge in [0.2, 0.25) is 0 Å². The topological polar surface area (TPSA) is 47.7 Å². The number of methoxy groups -OCH3 is 2. The van der Waals surface area contributed by atoms with Gasteiger partial charge in [-0.2, -0.15) is 0 Å². The molecule has 0 saturated carbocycles. The van der Waals surface area contributed by atoms with E-state index in [1.807, 2.05) is 18.2 Å². The Morgan fingerprint density at radius 1 is 1.12 bits per heavy atom. The number of hydrogen-bond donors (Lipinski definition) is 1. The molecule has 0 amide bonds. The highest BCUT2D eigenvalue weighted by Crippen LogP contribution is 2.31. The predicted octanol–water partition coefficient (Wildman–Crippen LogP) is 1.88. The molecule has 4 heteroatoms. The lowest BCUT2D eigenvalue weighted by Gasteiger charge is -2.20. The Bertz CT molecular complexity index is 342. The lowest BCUT2D eigenvalue weighted by atomic mass is 10.2. The number of ether oxygens (including phenoxy) is 2. The lowest BCUT2D eigenvalue weighted by molar-refractivity contribution is 0.355. The number of anilines is 1. The Morgan fingerprint density at radius 2 is 1.82 bits per heavy atom. The zero-order valence-corrected chi connectivity index (χ0v) is 10.9. The van der Waals surface area contributed by atoms with Gasteiger partial charge in [0.25, 0.3) is 0 Å². The van der Waals surface area contributed by atoms with Crippen molar-refractivity contribution in [2.45, 2.75) is 12.8 Å². The largest absolute Gasteiger partial charge is 0.493 e. The highest BCUT2D eigenvalue weighted by atomic mass is 16.5. The van der Waals surface area contributed by atoms with Gasteiger partial charge in [0, 0.05) is 25.3 Å². The summed E-state index contributed by atoms with van der Waals surface area (Å²) >= 11 is 0. The van der Waals surface area contributed by atoms with Crippen molar-refractivity contribution >= 4 is 5.69 Å². The molecule has 0 bridgehead atoms. The molecular formula is C13H22N2O2. The van der Waals surface area contributed by atoms with Crippen molar-refractivity contribution in [3.63, 3.8) is 0 Å². The number of nitrogens with zero attached hydrogens (tertiary/aromatic N) is 1. The van der Waals surface area contributed by atoms with Crippen LogP contribution in [0.5, 0.6) is 11.5 Å². The average Bonchev–Trinajstić information content (AvgIpc) is 2.38. The first-order chi connectivity index (χ1) is 8.22. The molecule has 17 heavy (non-hydrogen) atoms. The first kappa shape index (κ1) is 13.6. The fraction of sp³-hybridized carbons (Fsp3) is 0.538. The minimum atomic E-state index is 0.750. The van der Waals surface area contributed by atoms with E-state index in [0.717, 1.165) is 43.1 Å². The van der Waals surface area contributed by atoms with E-state index in [1.165, 1.54) is 0 Å². The molecule has 4 nitrogen and oxygen atoms in total. The first-order valence-corrected chi connectivity index (χ1v) is 5.86. The molecule has 0 unspecified atom stereocenters. The second-order valence-electron chi connectivity index (χ2n) is 3.96. The van der Waals surface area contributed by atoms with Crippen molar-refractivity contribution in [2.24, 2.45) is 5.73 Å². The molecule has 96 valence electrons. The summed E-state index contributed by atoms with van der Waals surface area (Å²) in [5.74, 6) is 1.52. The number of benzene rings is 1. The molecule has 1 aromatic rings. The Morgan fingerprint density at radius 3 is 2.41 bits per heavy atom. The SMILES string of the molecule is COc1ccc(N(C)CCCCN)cc1OC. The van der Waals surface area contributed by atoms with E-state index in [2.05, 4.69) is 11.9 Å². The molecule has 0 spiro atoms. The minimum absolute atomic E-state index is 0.750. The molecule has 0 fully saturated rings. The lowest BCUT2D eigenvalue weighted by Crippen LogP contribution is -2.19. The van der Waals surface area contributed by atoms with Gasteiger partial charge in [0.05, 0.1) is 14.2 Å². The standard InChI is InChI=1S/C13H22N2O2/c1-15(9-5-4-8-14)11-6-7-12(16-2)13(10-11)17-3/h6-7,10H,4-5,8-9,14H2,1-3H3. The minimum Gasteiger partial charge on any atom is -0.493 e. The average molecular weight is 238 g/mol. The van der Waals surface area contributed by atoms with Gasteiger partial charge in [-0.05, 0) is 31.5 Å². The van der Waals surface area contributed by atoms with Gasteiger partial charge < -0.3 is 20.1 Å². The molecule has 0 heterocycles. The summed E-state index contributed by atoms with van der Waals surface area (Å²) in [7, 11) is 5.36. The molecule has 2 N–H and O–H groups in total. The summed E-state index contributed by atoms with van der Waals surface area (Å²) in [4.78, 5) is 2.19. The highest BCUT2D eigenvalue weighted by molar-refractivity contribution is 5.55. The van der Waals surface area contributed by atoms with Crippen LogP contribution in [-0.2, 0) is 0 Å². The molecule has 0 atom stereocenters. The van der Waals surface area contributed by atoms with Gasteiger partial charge in [-0.25, -0.2) is 0 Å². The summed E-state index contributed by atoms with van der Waals surface area (Å²) in [6, 6.07) is 5.94. The van der Waals surface area contributed by atoms with Gasteiger partial charge in [-0.3, -0.25) is 0 Å². The van der Waals surface area contributed by atoms with Crippen molar-refractivity contribution in [1.29, 1.82) is 0 Å². The Labute approximate surface area is 103 Å². The van der Waals surface area contributed by atoms with E-state index in [0.29, 0.717) is 0 Å². The quantitative estimate of drug-likeness (QED) is 0.737. The van der Waals surface area contributed by atoms with Crippen molar-refractivity contribution in [2.75, 3.05) is 39.3 Å². The third-order valence-corrected chi connectivity index (χ3v) is 2.76. The molecule has 0 aliphatic heterocycles. The van der Waals surface area contributed by atoms with Crippen molar-refractivity contribution in [1.82, 2.24) is 0 Å². The first-order valence-electron chi connectivity index (χ1n) is 5.86. The van der Waals surface area contributed by atoms with Gasteiger partial charge in [0.15, 0.2) is 11.5 Å². The third-order valence-electron chi connectivity index (χ3n) is 2.76. The van der Waals surface area contributed by atoms with Crippen molar-refractivity contribution in [3.8, 4) is 11.5 Å². The van der Waals surface area contributed by atoms with E-state index in [4.69, 9.17) is 15.2 Å². The second-order valence-corrected chi connectivity index (χ2v) is 3.96. The maximum atomic E-state index is 5.48. The van der Waals surface area contributed by atoms with E-state index >= 15 is 0 Å². The van der Waals surface area contributed by atoms with E-state index in [1.54, 1.807) is 14.2 Å². The fourth-order valence-electron chi connectivity index (χ4n) is 1.68. The zero-order valence-electron chi connectivity index (χ0n) is 10.9. The summed E-state index contributed by atoms with van der Waals surface area (Å²) in [6.45, 7) is 1.74. The van der Waals surface area contributed by atoms with Crippen LogP contribution in [0.25, 0.3) is 0 Å². The summed E-state index contributed by atoms with van der Waals surface area (Å²) in [5, 5.41) is 0. The Kier molecular flexibility index (Phi) is 5.63. The van der Waals surface area contributed by atoms with Gasteiger partial charge in [0.1, 0.15) is 0 Å². The Balaban J connectivity index is 2.70. The molecular weight excluding hydrogens is 216 g/mol. The van der Waals surface area contributed by atoms with Crippen LogP contribution in [0, 0.1) is 0 Å². The third kappa shape index (κ3) is 3.82. The monoisotopic (exact) mass is 238 g/mol. The van der Waals surface area contributed by atoms with Gasteiger partial charge >= 0.3 is 0 Å². The molecule has 0 aliphatic carbocycles. The van der Waals surface area contributed by atoms with Crippen LogP contribution in [0.3, 0.4) is 0 Å². The van der Waals surface area contributed by atoms with Gasteiger partial charge in [-0.1, -0.05) is 0 Å². The zero-order chi connectivity index (χ0) is 12.7. The van der Waals surface area contributed by atoms with E-state index < -0.39 is 0 Å². The number of rotatable bonds is 7. The summed E-state index contributed by atoms with van der Waals surface area (Å²) < 4.78 is 10.5. The van der Waals surface area contributed by atoms with Crippen LogP contribution in [0.4, 0.5) is 5.69 Å². The van der Waals surface area contributed by atoms with Crippen molar-refractivity contribution < 1.29 is 9.47 Å². The normalized spacial score (nSPS) is 10.1.